The number of benzene rings is 1. The molecule has 0 amide bonds. The van der Waals surface area contributed by atoms with Gasteiger partial charge in [0.15, 0.2) is 0 Å². The number of aliphatic carboxylic acids is 1. The maximum absolute atomic E-state index is 10.5. The summed E-state index contributed by atoms with van der Waals surface area (Å²) in [7, 11) is 0. The predicted octanol–water partition coefficient (Wildman–Crippen LogP) is 2.69. The Balaban J connectivity index is 3.10. The quantitative estimate of drug-likeness (QED) is 0.866. The Morgan fingerprint density at radius 3 is 2.54 bits per heavy atom. The van der Waals surface area contributed by atoms with E-state index in [0.29, 0.717) is 0 Å². The van der Waals surface area contributed by atoms with Crippen molar-refractivity contribution in [1.82, 2.24) is 0 Å². The van der Waals surface area contributed by atoms with Gasteiger partial charge in [-0.2, -0.15) is 0 Å². The zero-order chi connectivity index (χ0) is 10.0. The molecule has 2 nitrogen and oxygen atoms in total. The highest BCUT2D eigenvalue weighted by Crippen LogP contribution is 2.22. The highest BCUT2D eigenvalue weighted by Gasteiger charge is 2.07. The Labute approximate surface area is 85.7 Å². The first-order chi connectivity index (χ1) is 6.02. The van der Waals surface area contributed by atoms with E-state index in [4.69, 9.17) is 5.11 Å². The van der Waals surface area contributed by atoms with Crippen molar-refractivity contribution in [1.29, 1.82) is 0 Å². The molecular weight excluding hydrogens is 232 g/mol. The molecule has 0 unspecified atom stereocenters. The van der Waals surface area contributed by atoms with Crippen molar-refractivity contribution in [2.75, 3.05) is 0 Å². The third-order valence-electron chi connectivity index (χ3n) is 2.17. The van der Waals surface area contributed by atoms with Crippen molar-refractivity contribution < 1.29 is 9.90 Å². The van der Waals surface area contributed by atoms with Gasteiger partial charge in [-0.3, -0.25) is 4.79 Å². The van der Waals surface area contributed by atoms with E-state index in [0.717, 1.165) is 21.2 Å². The Kier molecular flexibility index (Phi) is 3.09. The number of hydrogen-bond donors (Lipinski definition) is 1. The Morgan fingerprint density at radius 1 is 1.38 bits per heavy atom. The van der Waals surface area contributed by atoms with E-state index < -0.39 is 5.97 Å². The van der Waals surface area contributed by atoms with Crippen molar-refractivity contribution in [3.8, 4) is 0 Å². The van der Waals surface area contributed by atoms with Crippen LogP contribution in [0.2, 0.25) is 0 Å². The molecule has 1 rings (SSSR count). The normalized spacial score (nSPS) is 10.1. The molecule has 0 heterocycles. The van der Waals surface area contributed by atoms with Gasteiger partial charge >= 0.3 is 5.97 Å². The molecule has 0 radical (unpaired) electrons. The lowest BCUT2D eigenvalue weighted by Gasteiger charge is -2.07. The molecule has 0 aliphatic rings. The van der Waals surface area contributed by atoms with E-state index in [2.05, 4.69) is 15.9 Å². The largest absolute Gasteiger partial charge is 0.481 e. The zero-order valence-corrected chi connectivity index (χ0v) is 9.18. The van der Waals surface area contributed by atoms with Gasteiger partial charge in [-0.1, -0.05) is 22.0 Å². The van der Waals surface area contributed by atoms with Gasteiger partial charge in [0.2, 0.25) is 0 Å². The summed E-state index contributed by atoms with van der Waals surface area (Å²) in [5, 5.41) is 8.64. The van der Waals surface area contributed by atoms with Gasteiger partial charge in [-0.05, 0) is 36.6 Å². The van der Waals surface area contributed by atoms with Crippen molar-refractivity contribution in [2.45, 2.75) is 20.3 Å². The molecule has 13 heavy (non-hydrogen) atoms. The van der Waals surface area contributed by atoms with Crippen molar-refractivity contribution >= 4 is 21.9 Å². The molecule has 70 valence electrons. The van der Waals surface area contributed by atoms with E-state index in [1.807, 2.05) is 26.0 Å². The van der Waals surface area contributed by atoms with E-state index in [1.54, 1.807) is 0 Å². The number of carboxylic acid groups (broad SMARTS) is 1. The minimum atomic E-state index is -0.787. The summed E-state index contributed by atoms with van der Waals surface area (Å²) < 4.78 is 1.03. The lowest BCUT2D eigenvalue weighted by molar-refractivity contribution is -0.136. The number of hydrogen-bond acceptors (Lipinski definition) is 1. The maximum atomic E-state index is 10.5. The topological polar surface area (TPSA) is 37.3 Å². The Hall–Kier alpha value is -0.830. The molecule has 0 saturated heterocycles. The van der Waals surface area contributed by atoms with Crippen molar-refractivity contribution in [3.63, 3.8) is 0 Å². The van der Waals surface area contributed by atoms with Crippen LogP contribution in [0.25, 0.3) is 0 Å². The Bertz CT molecular complexity index is 345. The minimum Gasteiger partial charge on any atom is -0.481 e. The minimum absolute atomic E-state index is 0.0972. The molecule has 0 aromatic heterocycles. The van der Waals surface area contributed by atoms with Gasteiger partial charge in [-0.15, -0.1) is 0 Å². The smallest absolute Gasteiger partial charge is 0.307 e. The molecule has 0 atom stereocenters. The first-order valence-electron chi connectivity index (χ1n) is 3.98. The highest BCUT2D eigenvalue weighted by molar-refractivity contribution is 9.10. The van der Waals surface area contributed by atoms with Crippen LogP contribution < -0.4 is 0 Å². The van der Waals surface area contributed by atoms with Crippen LogP contribution in [0.3, 0.4) is 0 Å². The second-order valence-corrected chi connectivity index (χ2v) is 3.88. The molecule has 1 aromatic carbocycles. The Morgan fingerprint density at radius 2 is 2.00 bits per heavy atom. The van der Waals surface area contributed by atoms with Crippen LogP contribution in [0.1, 0.15) is 16.7 Å². The van der Waals surface area contributed by atoms with Gasteiger partial charge < -0.3 is 5.11 Å². The fourth-order valence-electron chi connectivity index (χ4n) is 1.20. The molecule has 0 spiro atoms. The number of carboxylic acids is 1. The molecule has 1 N–H and O–H groups in total. The standard InChI is InChI=1S/C10H11BrO2/c1-6-7(2)9(11)4-3-8(6)5-10(12)13/h3-4H,5H2,1-2H3,(H,12,13). The number of rotatable bonds is 2. The number of carbonyl (C=O) groups is 1. The van der Waals surface area contributed by atoms with Crippen LogP contribution in [-0.2, 0) is 11.2 Å². The van der Waals surface area contributed by atoms with E-state index in [1.165, 1.54) is 0 Å². The van der Waals surface area contributed by atoms with Crippen molar-refractivity contribution in [2.24, 2.45) is 0 Å². The third-order valence-corrected chi connectivity index (χ3v) is 3.03. The summed E-state index contributed by atoms with van der Waals surface area (Å²) in [5.74, 6) is -0.787. The lowest BCUT2D eigenvalue weighted by atomic mass is 10.0. The summed E-state index contributed by atoms with van der Waals surface area (Å²) >= 11 is 3.40. The summed E-state index contributed by atoms with van der Waals surface area (Å²) in [6, 6.07) is 3.74. The second-order valence-electron chi connectivity index (χ2n) is 3.03. The molecule has 1 aromatic rings. The monoisotopic (exact) mass is 242 g/mol. The molecule has 0 saturated carbocycles. The van der Waals surface area contributed by atoms with E-state index >= 15 is 0 Å². The number of halogens is 1. The molecule has 0 bridgehead atoms. The second kappa shape index (κ2) is 3.92. The summed E-state index contributed by atoms with van der Waals surface area (Å²) in [6.45, 7) is 3.92. The summed E-state index contributed by atoms with van der Waals surface area (Å²) in [5.41, 5.74) is 3.05. The molecule has 0 aliphatic carbocycles. The van der Waals surface area contributed by atoms with Crippen LogP contribution >= 0.6 is 15.9 Å². The average Bonchev–Trinajstić information content (AvgIpc) is 2.06. The van der Waals surface area contributed by atoms with Crippen LogP contribution in [0, 0.1) is 13.8 Å². The third kappa shape index (κ3) is 2.31. The van der Waals surface area contributed by atoms with Gasteiger partial charge in [0.1, 0.15) is 0 Å². The molecule has 3 heteroatoms. The van der Waals surface area contributed by atoms with Gasteiger partial charge in [0.05, 0.1) is 6.42 Å². The van der Waals surface area contributed by atoms with E-state index in [-0.39, 0.29) is 6.42 Å². The lowest BCUT2D eigenvalue weighted by Crippen LogP contribution is -2.03. The summed E-state index contributed by atoms with van der Waals surface area (Å²) in [4.78, 5) is 10.5. The first-order valence-corrected chi connectivity index (χ1v) is 4.78. The van der Waals surface area contributed by atoms with E-state index in [9.17, 15) is 4.79 Å². The molecule has 0 aliphatic heterocycles. The zero-order valence-electron chi connectivity index (χ0n) is 7.60. The van der Waals surface area contributed by atoms with Crippen molar-refractivity contribution in [3.05, 3.63) is 33.3 Å². The van der Waals surface area contributed by atoms with Crippen LogP contribution in [0.5, 0.6) is 0 Å². The van der Waals surface area contributed by atoms with Crippen LogP contribution in [0.4, 0.5) is 0 Å². The van der Waals surface area contributed by atoms with Gasteiger partial charge in [0.25, 0.3) is 0 Å². The SMILES string of the molecule is Cc1c(Br)ccc(CC(=O)O)c1C. The fourth-order valence-corrected chi connectivity index (χ4v) is 1.63. The van der Waals surface area contributed by atoms with Crippen LogP contribution in [-0.4, -0.2) is 11.1 Å². The van der Waals surface area contributed by atoms with Crippen LogP contribution in [0.15, 0.2) is 16.6 Å². The maximum Gasteiger partial charge on any atom is 0.307 e. The fraction of sp³-hybridized carbons (Fsp3) is 0.300. The summed E-state index contributed by atoms with van der Waals surface area (Å²) in [6.07, 6.45) is 0.0972. The van der Waals surface area contributed by atoms with Gasteiger partial charge in [-0.25, -0.2) is 0 Å². The highest BCUT2D eigenvalue weighted by atomic mass is 79.9. The average molecular weight is 243 g/mol. The molecular formula is C10H11BrO2. The predicted molar refractivity (Wildman–Crippen MR) is 55.0 cm³/mol. The first kappa shape index (κ1) is 10.3. The van der Waals surface area contributed by atoms with Gasteiger partial charge in [0, 0.05) is 4.47 Å². The molecule has 0 fully saturated rings.